The van der Waals surface area contributed by atoms with E-state index < -0.39 is 0 Å². The van der Waals surface area contributed by atoms with Gasteiger partial charge in [-0.05, 0) is 13.3 Å². The Morgan fingerprint density at radius 1 is 1.54 bits per heavy atom. The van der Waals surface area contributed by atoms with Crippen LogP contribution in [0, 0.1) is 6.92 Å². The van der Waals surface area contributed by atoms with Crippen molar-refractivity contribution in [2.24, 2.45) is 0 Å². The van der Waals surface area contributed by atoms with Gasteiger partial charge in [0.05, 0.1) is 6.20 Å². The molecule has 4 heteroatoms. The van der Waals surface area contributed by atoms with Gasteiger partial charge in [0.25, 0.3) is 0 Å². The molecule has 0 bridgehead atoms. The number of hydrogen-bond donors (Lipinski definition) is 1. The van der Waals surface area contributed by atoms with Gasteiger partial charge < -0.3 is 5.73 Å². The fraction of sp³-hybridized carbons (Fsp3) is 0.333. The molecule has 2 heterocycles. The summed E-state index contributed by atoms with van der Waals surface area (Å²) in [5, 5.41) is 4.23. The molecule has 0 unspecified atom stereocenters. The number of aryl methyl sites for hydroxylation is 2. The van der Waals surface area contributed by atoms with Gasteiger partial charge in [0.2, 0.25) is 0 Å². The molecular weight excluding hydrogens is 164 g/mol. The average Bonchev–Trinajstić information content (AvgIpc) is 2.47. The first-order valence-corrected chi connectivity index (χ1v) is 4.32. The molecule has 4 nitrogen and oxygen atoms in total. The summed E-state index contributed by atoms with van der Waals surface area (Å²) in [7, 11) is 0. The van der Waals surface area contributed by atoms with Crippen LogP contribution in [0.5, 0.6) is 0 Å². The van der Waals surface area contributed by atoms with Crippen molar-refractivity contribution in [1.29, 1.82) is 0 Å². The zero-order valence-corrected chi connectivity index (χ0v) is 7.78. The number of nitrogen functional groups attached to an aromatic ring is 1. The summed E-state index contributed by atoms with van der Waals surface area (Å²) in [4.78, 5) is 4.25. The summed E-state index contributed by atoms with van der Waals surface area (Å²) >= 11 is 0. The normalized spacial score (nSPS) is 10.9. The van der Waals surface area contributed by atoms with Gasteiger partial charge in [-0.1, -0.05) is 6.92 Å². The van der Waals surface area contributed by atoms with E-state index in [2.05, 4.69) is 17.0 Å². The number of nitrogens with zero attached hydrogens (tertiary/aromatic N) is 3. The Morgan fingerprint density at radius 2 is 2.31 bits per heavy atom. The predicted octanol–water partition coefficient (Wildman–Crippen LogP) is 1.18. The van der Waals surface area contributed by atoms with Gasteiger partial charge in [0.1, 0.15) is 5.82 Å². The third-order valence-corrected chi connectivity index (χ3v) is 2.12. The van der Waals surface area contributed by atoms with Crippen molar-refractivity contribution >= 4 is 11.5 Å². The Labute approximate surface area is 76.4 Å². The topological polar surface area (TPSA) is 56.2 Å². The van der Waals surface area contributed by atoms with Gasteiger partial charge in [-0.2, -0.15) is 5.10 Å². The summed E-state index contributed by atoms with van der Waals surface area (Å²) in [5.41, 5.74) is 8.68. The third kappa shape index (κ3) is 1.14. The van der Waals surface area contributed by atoms with Crippen LogP contribution in [0.25, 0.3) is 5.65 Å². The maximum Gasteiger partial charge on any atom is 0.160 e. The van der Waals surface area contributed by atoms with Crippen LogP contribution in [0.3, 0.4) is 0 Å². The van der Waals surface area contributed by atoms with Crippen LogP contribution < -0.4 is 5.73 Å². The van der Waals surface area contributed by atoms with E-state index in [4.69, 9.17) is 5.73 Å². The number of aromatic nitrogens is 3. The van der Waals surface area contributed by atoms with Crippen LogP contribution in [-0.2, 0) is 6.42 Å². The van der Waals surface area contributed by atoms with Crippen molar-refractivity contribution in [3.05, 3.63) is 23.5 Å². The molecule has 2 aromatic heterocycles. The van der Waals surface area contributed by atoms with Crippen molar-refractivity contribution in [3.8, 4) is 0 Å². The maximum absolute atomic E-state index is 5.66. The molecule has 13 heavy (non-hydrogen) atoms. The van der Waals surface area contributed by atoms with E-state index in [9.17, 15) is 0 Å². The lowest BCUT2D eigenvalue weighted by atomic mass is 10.2. The Bertz CT molecular complexity index is 444. The molecule has 0 aromatic carbocycles. The van der Waals surface area contributed by atoms with Crippen molar-refractivity contribution < 1.29 is 0 Å². The zero-order chi connectivity index (χ0) is 9.42. The average molecular weight is 176 g/mol. The molecule has 0 aliphatic carbocycles. The number of rotatable bonds is 1. The molecule has 2 rings (SSSR count). The van der Waals surface area contributed by atoms with Crippen LogP contribution in [0.15, 0.2) is 12.3 Å². The van der Waals surface area contributed by atoms with Crippen molar-refractivity contribution in [1.82, 2.24) is 14.6 Å². The fourth-order valence-corrected chi connectivity index (χ4v) is 1.43. The van der Waals surface area contributed by atoms with Crippen LogP contribution in [-0.4, -0.2) is 14.6 Å². The highest BCUT2D eigenvalue weighted by Crippen LogP contribution is 2.12. The smallest absolute Gasteiger partial charge is 0.160 e. The van der Waals surface area contributed by atoms with Gasteiger partial charge in [0, 0.05) is 17.3 Å². The minimum atomic E-state index is 0.556. The van der Waals surface area contributed by atoms with Crippen LogP contribution in [0.4, 0.5) is 5.82 Å². The van der Waals surface area contributed by atoms with Crippen molar-refractivity contribution in [3.63, 3.8) is 0 Å². The van der Waals surface area contributed by atoms with E-state index in [1.54, 1.807) is 0 Å². The first-order chi connectivity index (χ1) is 6.22. The second-order valence-corrected chi connectivity index (χ2v) is 3.08. The van der Waals surface area contributed by atoms with Gasteiger partial charge in [-0.3, -0.25) is 0 Å². The summed E-state index contributed by atoms with van der Waals surface area (Å²) < 4.78 is 1.81. The molecule has 0 amide bonds. The molecule has 0 saturated carbocycles. The highest BCUT2D eigenvalue weighted by atomic mass is 15.3. The van der Waals surface area contributed by atoms with E-state index >= 15 is 0 Å². The summed E-state index contributed by atoms with van der Waals surface area (Å²) in [6.07, 6.45) is 2.77. The largest absolute Gasteiger partial charge is 0.384 e. The molecule has 0 aliphatic rings. The predicted molar refractivity (Wildman–Crippen MR) is 51.5 cm³/mol. The van der Waals surface area contributed by atoms with Gasteiger partial charge in [-0.25, -0.2) is 9.50 Å². The van der Waals surface area contributed by atoms with Gasteiger partial charge >= 0.3 is 0 Å². The van der Waals surface area contributed by atoms with E-state index in [-0.39, 0.29) is 0 Å². The molecule has 0 radical (unpaired) electrons. The second-order valence-electron chi connectivity index (χ2n) is 3.08. The lowest BCUT2D eigenvalue weighted by Crippen LogP contribution is -2.00. The SMILES string of the molecule is CCc1cnn2c(C)cc(N)nc12. The molecule has 2 N–H and O–H groups in total. The van der Waals surface area contributed by atoms with Gasteiger partial charge in [0.15, 0.2) is 5.65 Å². The van der Waals surface area contributed by atoms with Crippen LogP contribution in [0.1, 0.15) is 18.2 Å². The van der Waals surface area contributed by atoms with Crippen molar-refractivity contribution in [2.45, 2.75) is 20.3 Å². The molecule has 0 fully saturated rings. The minimum absolute atomic E-state index is 0.556. The molecule has 0 spiro atoms. The number of anilines is 1. The zero-order valence-electron chi connectivity index (χ0n) is 7.78. The number of fused-ring (bicyclic) bond motifs is 1. The highest BCUT2D eigenvalue weighted by molar-refractivity contribution is 5.51. The fourth-order valence-electron chi connectivity index (χ4n) is 1.43. The second kappa shape index (κ2) is 2.73. The summed E-state index contributed by atoms with van der Waals surface area (Å²) in [5.74, 6) is 0.556. The van der Waals surface area contributed by atoms with Gasteiger partial charge in [-0.15, -0.1) is 0 Å². The molecular formula is C9H12N4. The van der Waals surface area contributed by atoms with Crippen molar-refractivity contribution in [2.75, 3.05) is 5.73 Å². The molecule has 2 aromatic rings. The molecule has 0 aliphatic heterocycles. The number of hydrogen-bond acceptors (Lipinski definition) is 3. The third-order valence-electron chi connectivity index (χ3n) is 2.12. The Hall–Kier alpha value is -1.58. The summed E-state index contributed by atoms with van der Waals surface area (Å²) in [6.45, 7) is 4.05. The Kier molecular flexibility index (Phi) is 1.69. The van der Waals surface area contributed by atoms with E-state index in [0.29, 0.717) is 5.82 Å². The minimum Gasteiger partial charge on any atom is -0.384 e. The van der Waals surface area contributed by atoms with Crippen LogP contribution >= 0.6 is 0 Å². The lowest BCUT2D eigenvalue weighted by molar-refractivity contribution is 0.897. The quantitative estimate of drug-likeness (QED) is 0.709. The lowest BCUT2D eigenvalue weighted by Gasteiger charge is -2.00. The maximum atomic E-state index is 5.66. The van der Waals surface area contributed by atoms with E-state index in [1.165, 1.54) is 0 Å². The molecule has 0 saturated heterocycles. The first kappa shape index (κ1) is 8.04. The van der Waals surface area contributed by atoms with Crippen LogP contribution in [0.2, 0.25) is 0 Å². The first-order valence-electron chi connectivity index (χ1n) is 4.32. The summed E-state index contributed by atoms with van der Waals surface area (Å²) in [6, 6.07) is 1.82. The Balaban J connectivity index is 2.82. The molecule has 0 atom stereocenters. The van der Waals surface area contributed by atoms with E-state index in [0.717, 1.165) is 23.3 Å². The highest BCUT2D eigenvalue weighted by Gasteiger charge is 2.05. The Morgan fingerprint density at radius 3 is 3.00 bits per heavy atom. The standard InChI is InChI=1S/C9H12N4/c1-3-7-5-11-13-6(2)4-8(10)12-9(7)13/h4-5H,3H2,1-2H3,(H2,10,12). The molecule has 68 valence electrons. The number of nitrogens with two attached hydrogens (primary N) is 1. The van der Waals surface area contributed by atoms with E-state index in [1.807, 2.05) is 23.7 Å². The monoisotopic (exact) mass is 176 g/mol.